The number of hydrogen-bond donors (Lipinski definition) is 2. The highest BCUT2D eigenvalue weighted by atomic mass is 32.2. The van der Waals surface area contributed by atoms with E-state index in [1.807, 2.05) is 38.6 Å². The minimum Gasteiger partial charge on any atom is -0.332 e. The van der Waals surface area contributed by atoms with Crippen molar-refractivity contribution in [1.82, 2.24) is 34.0 Å². The molecule has 2 fully saturated rings. The van der Waals surface area contributed by atoms with E-state index >= 15 is 0 Å². The molecule has 1 aliphatic carbocycles. The molecule has 2 N–H and O–H groups in total. The van der Waals surface area contributed by atoms with Crippen molar-refractivity contribution in [2.24, 2.45) is 7.05 Å². The Morgan fingerprint density at radius 2 is 2.09 bits per heavy atom. The monoisotopic (exact) mass is 512 g/mol. The summed E-state index contributed by atoms with van der Waals surface area (Å²) in [5, 5.41) is 16.8. The van der Waals surface area contributed by atoms with Crippen molar-refractivity contribution in [3.63, 3.8) is 0 Å². The van der Waals surface area contributed by atoms with Gasteiger partial charge in [-0.25, -0.2) is 17.7 Å². The summed E-state index contributed by atoms with van der Waals surface area (Å²) in [6.07, 6.45) is 8.93. The summed E-state index contributed by atoms with van der Waals surface area (Å²) < 4.78 is 30.7. The Morgan fingerprint density at radius 3 is 2.71 bits per heavy atom. The van der Waals surface area contributed by atoms with Crippen LogP contribution in [0, 0.1) is 6.92 Å². The fourth-order valence-electron chi connectivity index (χ4n) is 5.29. The SMILES string of the molecule is Cc1cc(Nc2cc(C34CCC(C3)NC4)nc3c(-c4cnn(C)c4)cnn23)sc1S(=O)(=O)N(C)C. The number of aromatic nitrogens is 5. The lowest BCUT2D eigenvalue weighted by Crippen LogP contribution is -2.33. The molecule has 1 aliphatic heterocycles. The van der Waals surface area contributed by atoms with E-state index in [1.54, 1.807) is 23.3 Å². The summed E-state index contributed by atoms with van der Waals surface area (Å²) in [7, 11) is 1.47. The second-order valence-corrected chi connectivity index (χ2v) is 13.2. The summed E-state index contributed by atoms with van der Waals surface area (Å²) in [6, 6.07) is 4.50. The first-order valence-electron chi connectivity index (χ1n) is 11.6. The highest BCUT2D eigenvalue weighted by molar-refractivity contribution is 7.91. The minimum atomic E-state index is -3.52. The van der Waals surface area contributed by atoms with Gasteiger partial charge in [-0.15, -0.1) is 11.3 Å². The molecule has 1 saturated heterocycles. The van der Waals surface area contributed by atoms with Crippen LogP contribution in [0.5, 0.6) is 0 Å². The first kappa shape index (κ1) is 22.7. The fourth-order valence-corrected chi connectivity index (χ4v) is 8.03. The predicted molar refractivity (Wildman–Crippen MR) is 136 cm³/mol. The standard InChI is InChI=1S/C23H28N8O2S2/c1-14-7-20(34-22(14)35(32,33)29(2)3)28-19-8-18(23-6-5-16(9-23)24-13-23)27-21-17(11-26-31(19)21)15-10-25-30(4)12-15/h7-8,10-12,16,24,28H,5-6,9,13H2,1-4H3. The number of fused-ring (bicyclic) bond motifs is 3. The van der Waals surface area contributed by atoms with Crippen molar-refractivity contribution in [2.75, 3.05) is 26.0 Å². The summed E-state index contributed by atoms with van der Waals surface area (Å²) in [4.78, 5) is 5.14. The zero-order valence-corrected chi connectivity index (χ0v) is 21.7. The molecule has 35 heavy (non-hydrogen) atoms. The summed E-state index contributed by atoms with van der Waals surface area (Å²) in [5.41, 5.74) is 4.39. The van der Waals surface area contributed by atoms with Gasteiger partial charge >= 0.3 is 0 Å². The lowest BCUT2D eigenvalue weighted by molar-refractivity contribution is 0.429. The summed E-state index contributed by atoms with van der Waals surface area (Å²) in [5.74, 6) is 0.764. The molecule has 0 radical (unpaired) electrons. The molecule has 1 saturated carbocycles. The zero-order valence-electron chi connectivity index (χ0n) is 20.1. The number of anilines is 2. The molecule has 2 bridgehead atoms. The number of piperidine rings is 1. The van der Waals surface area contributed by atoms with Crippen LogP contribution >= 0.6 is 11.3 Å². The van der Waals surface area contributed by atoms with Gasteiger partial charge in [-0.05, 0) is 37.8 Å². The Hall–Kier alpha value is -2.80. The number of thiophene rings is 1. The maximum absolute atomic E-state index is 12.8. The van der Waals surface area contributed by atoms with Crippen LogP contribution in [0.3, 0.4) is 0 Å². The average molecular weight is 513 g/mol. The van der Waals surface area contributed by atoms with Gasteiger partial charge in [0.15, 0.2) is 5.65 Å². The molecule has 2 aliphatic rings. The van der Waals surface area contributed by atoms with Gasteiger partial charge < -0.3 is 10.6 Å². The summed E-state index contributed by atoms with van der Waals surface area (Å²) in [6.45, 7) is 2.74. The second kappa shape index (κ2) is 7.85. The highest BCUT2D eigenvalue weighted by Crippen LogP contribution is 2.46. The van der Waals surface area contributed by atoms with Crippen LogP contribution in [-0.4, -0.2) is 63.8 Å². The molecule has 0 amide bonds. The van der Waals surface area contributed by atoms with E-state index in [0.29, 0.717) is 15.8 Å². The van der Waals surface area contributed by atoms with Gasteiger partial charge in [-0.1, -0.05) is 0 Å². The van der Waals surface area contributed by atoms with Crippen LogP contribution < -0.4 is 10.6 Å². The third-order valence-corrected chi connectivity index (χ3v) is 10.8. The predicted octanol–water partition coefficient (Wildman–Crippen LogP) is 2.89. The molecule has 4 aromatic rings. The maximum atomic E-state index is 12.8. The zero-order chi connectivity index (χ0) is 24.5. The Kier molecular flexibility index (Phi) is 5.08. The Labute approximate surface area is 208 Å². The van der Waals surface area contributed by atoms with Crippen LogP contribution in [0.4, 0.5) is 10.8 Å². The number of rotatable bonds is 6. The van der Waals surface area contributed by atoms with Crippen LogP contribution in [0.25, 0.3) is 16.8 Å². The van der Waals surface area contributed by atoms with Crippen molar-refractivity contribution in [3.8, 4) is 11.1 Å². The Bertz CT molecular complexity index is 1540. The number of nitrogens with zero attached hydrogens (tertiary/aromatic N) is 6. The van der Waals surface area contributed by atoms with Crippen LogP contribution in [0.1, 0.15) is 30.5 Å². The Morgan fingerprint density at radius 1 is 1.26 bits per heavy atom. The smallest absolute Gasteiger partial charge is 0.252 e. The first-order valence-corrected chi connectivity index (χ1v) is 13.8. The molecule has 6 rings (SSSR count). The largest absolute Gasteiger partial charge is 0.332 e. The van der Waals surface area contributed by atoms with E-state index in [0.717, 1.165) is 59.1 Å². The third-order valence-electron chi connectivity index (χ3n) is 7.21. The highest BCUT2D eigenvalue weighted by Gasteiger charge is 2.47. The Balaban J connectivity index is 1.49. The minimum absolute atomic E-state index is 0.00408. The molecule has 2 unspecified atom stereocenters. The topological polar surface area (TPSA) is 109 Å². The molecule has 0 aromatic carbocycles. The van der Waals surface area contributed by atoms with E-state index in [-0.39, 0.29) is 5.41 Å². The van der Waals surface area contributed by atoms with E-state index in [4.69, 9.17) is 4.98 Å². The van der Waals surface area contributed by atoms with Crippen molar-refractivity contribution in [2.45, 2.75) is 41.9 Å². The van der Waals surface area contributed by atoms with E-state index in [2.05, 4.69) is 26.9 Å². The van der Waals surface area contributed by atoms with Crippen molar-refractivity contribution in [3.05, 3.63) is 42.0 Å². The van der Waals surface area contributed by atoms with E-state index in [1.165, 1.54) is 15.6 Å². The van der Waals surface area contributed by atoms with Crippen molar-refractivity contribution in [1.29, 1.82) is 0 Å². The quantitative estimate of drug-likeness (QED) is 0.409. The summed E-state index contributed by atoms with van der Waals surface area (Å²) >= 11 is 1.23. The van der Waals surface area contributed by atoms with Gasteiger partial charge in [-0.2, -0.15) is 14.7 Å². The van der Waals surface area contributed by atoms with Gasteiger partial charge in [-0.3, -0.25) is 4.68 Å². The molecule has 4 aromatic heterocycles. The van der Waals surface area contributed by atoms with Crippen LogP contribution in [0.2, 0.25) is 0 Å². The van der Waals surface area contributed by atoms with Crippen molar-refractivity contribution < 1.29 is 8.42 Å². The molecule has 184 valence electrons. The third kappa shape index (κ3) is 3.58. The maximum Gasteiger partial charge on any atom is 0.252 e. The average Bonchev–Trinajstić information content (AvgIpc) is 3.62. The molecule has 10 nitrogen and oxygen atoms in total. The second-order valence-electron chi connectivity index (χ2n) is 9.82. The first-order chi connectivity index (χ1) is 16.7. The molecular formula is C23H28N8O2S2. The molecule has 2 atom stereocenters. The lowest BCUT2D eigenvalue weighted by Gasteiger charge is -2.26. The number of nitrogens with one attached hydrogen (secondary N) is 2. The van der Waals surface area contributed by atoms with Gasteiger partial charge in [0, 0.05) is 62.5 Å². The van der Waals surface area contributed by atoms with E-state index in [9.17, 15) is 8.42 Å². The van der Waals surface area contributed by atoms with E-state index < -0.39 is 10.0 Å². The molecule has 0 spiro atoms. The fraction of sp³-hybridized carbons (Fsp3) is 0.435. The van der Waals surface area contributed by atoms with Crippen LogP contribution in [0.15, 0.2) is 34.9 Å². The van der Waals surface area contributed by atoms with Gasteiger partial charge in [0.05, 0.1) is 23.1 Å². The lowest BCUT2D eigenvalue weighted by atomic mass is 9.83. The number of aryl methyl sites for hydroxylation is 2. The number of hydrogen-bond acceptors (Lipinski definition) is 8. The number of sulfonamides is 1. The van der Waals surface area contributed by atoms with Crippen LogP contribution in [-0.2, 0) is 22.5 Å². The molecule has 5 heterocycles. The van der Waals surface area contributed by atoms with Gasteiger partial charge in [0.2, 0.25) is 0 Å². The normalized spacial score (nSPS) is 22.0. The molecular weight excluding hydrogens is 484 g/mol. The van der Waals surface area contributed by atoms with Gasteiger partial charge in [0.1, 0.15) is 10.0 Å². The molecule has 12 heteroatoms. The van der Waals surface area contributed by atoms with Crippen molar-refractivity contribution >= 4 is 37.8 Å². The van der Waals surface area contributed by atoms with Gasteiger partial charge in [0.25, 0.3) is 10.0 Å².